The average molecular weight is 400 g/mol. The number of hydrogen-bond acceptors (Lipinski definition) is 4. The van der Waals surface area contributed by atoms with E-state index in [1.54, 1.807) is 0 Å². The van der Waals surface area contributed by atoms with E-state index in [1.165, 1.54) is 77.0 Å². The van der Waals surface area contributed by atoms with Gasteiger partial charge in [-0.25, -0.2) is 14.9 Å². The van der Waals surface area contributed by atoms with Gasteiger partial charge in [-0.3, -0.25) is 0 Å². The molecule has 0 rings (SSSR count). The Balaban J connectivity index is 3.24. The molecule has 166 valence electrons. The van der Waals surface area contributed by atoms with Gasteiger partial charge in [0.2, 0.25) is 0 Å². The van der Waals surface area contributed by atoms with Crippen molar-refractivity contribution in [1.82, 2.24) is 16.0 Å². The molecule has 28 heavy (non-hydrogen) atoms. The van der Waals surface area contributed by atoms with Crippen LogP contribution in [-0.2, 0) is 4.74 Å². The van der Waals surface area contributed by atoms with Crippen molar-refractivity contribution in [1.29, 1.82) is 0 Å². The van der Waals surface area contributed by atoms with Crippen molar-refractivity contribution in [2.45, 2.75) is 103 Å². The summed E-state index contributed by atoms with van der Waals surface area (Å²) in [6, 6.07) is -0.498. The minimum Gasteiger partial charge on any atom is -0.449 e. The molecule has 0 unspecified atom stereocenters. The highest BCUT2D eigenvalue weighted by molar-refractivity contribution is 5.90. The Morgan fingerprint density at radius 1 is 0.679 bits per heavy atom. The minimum atomic E-state index is -0.666. The Labute approximate surface area is 172 Å². The fraction of sp³-hybridized carbons (Fsp3) is 0.909. The van der Waals surface area contributed by atoms with E-state index >= 15 is 0 Å². The summed E-state index contributed by atoms with van der Waals surface area (Å²) in [7, 11) is 1.86. The van der Waals surface area contributed by atoms with Gasteiger partial charge in [0.05, 0.1) is 6.61 Å². The second-order valence-corrected chi connectivity index (χ2v) is 7.57. The quantitative estimate of drug-likeness (QED) is 0.250. The summed E-state index contributed by atoms with van der Waals surface area (Å²) in [6.07, 6.45) is 18.3. The van der Waals surface area contributed by atoms with Gasteiger partial charge in [-0.1, -0.05) is 90.4 Å². The summed E-state index contributed by atoms with van der Waals surface area (Å²) in [6.45, 7) is 3.99. The van der Waals surface area contributed by atoms with Gasteiger partial charge < -0.3 is 15.4 Å². The van der Waals surface area contributed by atoms with Gasteiger partial charge in [0.1, 0.15) is 0 Å². The molecule has 0 aliphatic rings. The Kier molecular flexibility index (Phi) is 21.0. The van der Waals surface area contributed by atoms with E-state index in [0.29, 0.717) is 13.2 Å². The van der Waals surface area contributed by atoms with E-state index in [0.717, 1.165) is 25.8 Å². The topological polar surface area (TPSA) is 79.5 Å². The molecule has 0 bridgehead atoms. The lowest BCUT2D eigenvalue weighted by atomic mass is 10.0. The monoisotopic (exact) mass is 399 g/mol. The van der Waals surface area contributed by atoms with Crippen LogP contribution < -0.4 is 16.0 Å². The number of ether oxygens (including phenoxy) is 1. The standard InChI is InChI=1S/C22H45N3O3/c1-3-4-5-6-7-8-9-10-11-12-13-14-15-16-20-28-22(27)25-21(26)24-19-17-18-23-2/h23H,3-20H2,1-2H3,(H2,24,25,26,27). The maximum atomic E-state index is 11.5. The molecule has 0 aromatic rings. The van der Waals surface area contributed by atoms with E-state index in [2.05, 4.69) is 22.9 Å². The smallest absolute Gasteiger partial charge is 0.415 e. The zero-order valence-corrected chi connectivity index (χ0v) is 18.5. The molecule has 0 fully saturated rings. The molecular weight excluding hydrogens is 354 g/mol. The number of amides is 3. The lowest BCUT2D eigenvalue weighted by Gasteiger charge is -2.07. The van der Waals surface area contributed by atoms with Crippen molar-refractivity contribution >= 4 is 12.1 Å². The largest absolute Gasteiger partial charge is 0.449 e. The van der Waals surface area contributed by atoms with Crippen LogP contribution in [0, 0.1) is 0 Å². The van der Waals surface area contributed by atoms with E-state index in [1.807, 2.05) is 7.05 Å². The van der Waals surface area contributed by atoms with Crippen LogP contribution in [0.3, 0.4) is 0 Å². The third-order valence-electron chi connectivity index (χ3n) is 4.84. The number of imide groups is 1. The second kappa shape index (κ2) is 22.0. The summed E-state index contributed by atoms with van der Waals surface area (Å²) in [5, 5.41) is 7.78. The molecule has 6 heteroatoms. The van der Waals surface area contributed by atoms with Crippen molar-refractivity contribution in [3.8, 4) is 0 Å². The van der Waals surface area contributed by atoms with Crippen LogP contribution in [-0.4, -0.2) is 38.9 Å². The number of nitrogens with one attached hydrogen (secondary N) is 3. The third kappa shape index (κ3) is 21.0. The molecular formula is C22H45N3O3. The predicted octanol–water partition coefficient (Wildman–Crippen LogP) is 5.51. The normalized spacial score (nSPS) is 10.6. The van der Waals surface area contributed by atoms with Crippen molar-refractivity contribution in [3.05, 3.63) is 0 Å². The van der Waals surface area contributed by atoms with Crippen LogP contribution in [0.2, 0.25) is 0 Å². The summed E-state index contributed by atoms with van der Waals surface area (Å²) < 4.78 is 5.02. The van der Waals surface area contributed by atoms with Crippen LogP contribution in [0.1, 0.15) is 103 Å². The highest BCUT2D eigenvalue weighted by atomic mass is 16.5. The Bertz CT molecular complexity index is 365. The zero-order chi connectivity index (χ0) is 20.7. The SMILES string of the molecule is CCCCCCCCCCCCCCCCOC(=O)NC(=O)NCCCNC. The first-order valence-electron chi connectivity index (χ1n) is 11.6. The molecule has 0 atom stereocenters. The number of alkyl carbamates (subject to hydrolysis) is 1. The van der Waals surface area contributed by atoms with Crippen LogP contribution >= 0.6 is 0 Å². The van der Waals surface area contributed by atoms with Gasteiger partial charge in [-0.2, -0.15) is 0 Å². The van der Waals surface area contributed by atoms with Crippen LogP contribution in [0.25, 0.3) is 0 Å². The Morgan fingerprint density at radius 2 is 1.18 bits per heavy atom. The van der Waals surface area contributed by atoms with Crippen molar-refractivity contribution in [3.63, 3.8) is 0 Å². The first-order valence-corrected chi connectivity index (χ1v) is 11.6. The number of carbonyl (C=O) groups is 2. The molecule has 0 aliphatic carbocycles. The lowest BCUT2D eigenvalue weighted by Crippen LogP contribution is -2.40. The van der Waals surface area contributed by atoms with Gasteiger partial charge >= 0.3 is 12.1 Å². The van der Waals surface area contributed by atoms with Crippen LogP contribution in [0.15, 0.2) is 0 Å². The molecule has 0 aromatic carbocycles. The van der Waals surface area contributed by atoms with Gasteiger partial charge in [-0.05, 0) is 26.4 Å². The fourth-order valence-electron chi connectivity index (χ4n) is 3.10. The van der Waals surface area contributed by atoms with E-state index < -0.39 is 12.1 Å². The third-order valence-corrected chi connectivity index (χ3v) is 4.84. The van der Waals surface area contributed by atoms with E-state index in [9.17, 15) is 9.59 Å². The Hall–Kier alpha value is -1.30. The van der Waals surface area contributed by atoms with Gasteiger partial charge in [0.15, 0.2) is 0 Å². The second-order valence-electron chi connectivity index (χ2n) is 7.57. The molecule has 0 heterocycles. The molecule has 3 N–H and O–H groups in total. The van der Waals surface area contributed by atoms with Crippen LogP contribution in [0.4, 0.5) is 9.59 Å². The highest BCUT2D eigenvalue weighted by Crippen LogP contribution is 2.12. The van der Waals surface area contributed by atoms with E-state index in [-0.39, 0.29) is 0 Å². The van der Waals surface area contributed by atoms with Gasteiger partial charge in [0.25, 0.3) is 0 Å². The van der Waals surface area contributed by atoms with E-state index in [4.69, 9.17) is 4.74 Å². The average Bonchev–Trinajstić information content (AvgIpc) is 2.68. The molecule has 6 nitrogen and oxygen atoms in total. The predicted molar refractivity (Wildman–Crippen MR) is 117 cm³/mol. The lowest BCUT2D eigenvalue weighted by molar-refractivity contribution is 0.144. The summed E-state index contributed by atoms with van der Waals surface area (Å²) in [5.41, 5.74) is 0. The fourth-order valence-corrected chi connectivity index (χ4v) is 3.10. The summed E-state index contributed by atoms with van der Waals surface area (Å²) in [4.78, 5) is 22.9. The minimum absolute atomic E-state index is 0.372. The van der Waals surface area contributed by atoms with Crippen LogP contribution in [0.5, 0.6) is 0 Å². The number of rotatable bonds is 19. The van der Waals surface area contributed by atoms with Gasteiger partial charge in [0, 0.05) is 6.54 Å². The van der Waals surface area contributed by atoms with Crippen molar-refractivity contribution in [2.75, 3.05) is 26.7 Å². The molecule has 0 aliphatic heterocycles. The maximum Gasteiger partial charge on any atom is 0.415 e. The number of hydrogen-bond donors (Lipinski definition) is 3. The first kappa shape index (κ1) is 26.7. The van der Waals surface area contributed by atoms with Crippen molar-refractivity contribution < 1.29 is 14.3 Å². The molecule has 3 amide bonds. The molecule has 0 saturated heterocycles. The Morgan fingerprint density at radius 3 is 1.68 bits per heavy atom. The number of unbranched alkanes of at least 4 members (excludes halogenated alkanes) is 13. The number of urea groups is 1. The summed E-state index contributed by atoms with van der Waals surface area (Å²) >= 11 is 0. The molecule has 0 saturated carbocycles. The molecule has 0 spiro atoms. The number of carbonyl (C=O) groups excluding carboxylic acids is 2. The van der Waals surface area contributed by atoms with Gasteiger partial charge in [-0.15, -0.1) is 0 Å². The zero-order valence-electron chi connectivity index (χ0n) is 18.5. The molecule has 0 aromatic heterocycles. The molecule has 0 radical (unpaired) electrons. The van der Waals surface area contributed by atoms with Crippen molar-refractivity contribution in [2.24, 2.45) is 0 Å². The summed E-state index contributed by atoms with van der Waals surface area (Å²) in [5.74, 6) is 0. The maximum absolute atomic E-state index is 11.5. The first-order chi connectivity index (χ1) is 13.7. The highest BCUT2D eigenvalue weighted by Gasteiger charge is 2.07.